The van der Waals surface area contributed by atoms with Gasteiger partial charge in [0.15, 0.2) is 0 Å². The molecule has 2 heterocycles. The Labute approximate surface area is 141 Å². The van der Waals surface area contributed by atoms with E-state index in [1.807, 2.05) is 4.90 Å². The minimum atomic E-state index is -3.43. The lowest BCUT2D eigenvalue weighted by atomic mass is 10.0. The quantitative estimate of drug-likeness (QED) is 0.845. The molecular formula is C15H23N3O3S2. The third-order valence-electron chi connectivity index (χ3n) is 4.71. The smallest absolute Gasteiger partial charge is 0.250 e. The number of rotatable bonds is 4. The van der Waals surface area contributed by atoms with Crippen molar-refractivity contribution in [3.63, 3.8) is 0 Å². The lowest BCUT2D eigenvalue weighted by Gasteiger charge is -2.33. The van der Waals surface area contributed by atoms with Gasteiger partial charge in [-0.3, -0.25) is 4.79 Å². The molecule has 0 radical (unpaired) electrons. The maximum atomic E-state index is 12.5. The van der Waals surface area contributed by atoms with E-state index in [2.05, 4.69) is 4.72 Å². The van der Waals surface area contributed by atoms with Crippen molar-refractivity contribution in [3.05, 3.63) is 17.5 Å². The van der Waals surface area contributed by atoms with Gasteiger partial charge in [-0.1, -0.05) is 6.07 Å². The van der Waals surface area contributed by atoms with Gasteiger partial charge in [0, 0.05) is 31.1 Å². The Kier molecular flexibility index (Phi) is 5.05. The molecule has 0 bridgehead atoms. The second kappa shape index (κ2) is 6.88. The minimum Gasteiger partial charge on any atom is -0.342 e. The average molecular weight is 358 g/mol. The standard InChI is InChI=1S/C15H23N3O3S2/c16-12-4-3-11(10-12)15(19)18-7-5-13(6-8-18)17-23(20,21)14-2-1-9-22-14/h1-2,9,11-13,17H,3-8,10,16H2. The van der Waals surface area contributed by atoms with Gasteiger partial charge in [0.1, 0.15) is 4.21 Å². The fourth-order valence-electron chi connectivity index (χ4n) is 3.41. The van der Waals surface area contributed by atoms with Crippen molar-refractivity contribution in [2.75, 3.05) is 13.1 Å². The number of hydrogen-bond acceptors (Lipinski definition) is 5. The molecule has 2 atom stereocenters. The largest absolute Gasteiger partial charge is 0.342 e. The Morgan fingerprint density at radius 3 is 2.57 bits per heavy atom. The van der Waals surface area contributed by atoms with Gasteiger partial charge in [-0.05, 0) is 43.6 Å². The van der Waals surface area contributed by atoms with Crippen LogP contribution in [-0.2, 0) is 14.8 Å². The van der Waals surface area contributed by atoms with Gasteiger partial charge in [0.2, 0.25) is 15.9 Å². The maximum Gasteiger partial charge on any atom is 0.250 e. The van der Waals surface area contributed by atoms with Crippen LogP contribution in [0.25, 0.3) is 0 Å². The van der Waals surface area contributed by atoms with Crippen molar-refractivity contribution in [1.82, 2.24) is 9.62 Å². The van der Waals surface area contributed by atoms with Crippen LogP contribution >= 0.6 is 11.3 Å². The van der Waals surface area contributed by atoms with E-state index in [9.17, 15) is 13.2 Å². The van der Waals surface area contributed by atoms with Crippen molar-refractivity contribution in [1.29, 1.82) is 0 Å². The molecule has 0 aromatic carbocycles. The van der Waals surface area contributed by atoms with Gasteiger partial charge < -0.3 is 10.6 Å². The predicted molar refractivity (Wildman–Crippen MR) is 89.6 cm³/mol. The zero-order valence-corrected chi connectivity index (χ0v) is 14.6. The summed E-state index contributed by atoms with van der Waals surface area (Å²) in [6.45, 7) is 1.23. The first-order valence-electron chi connectivity index (χ1n) is 8.06. The van der Waals surface area contributed by atoms with Crippen LogP contribution in [0.2, 0.25) is 0 Å². The lowest BCUT2D eigenvalue weighted by Crippen LogP contribution is -2.47. The van der Waals surface area contributed by atoms with Crippen LogP contribution in [0, 0.1) is 5.92 Å². The van der Waals surface area contributed by atoms with Gasteiger partial charge in [0.05, 0.1) is 0 Å². The fourth-order valence-corrected chi connectivity index (χ4v) is 5.73. The monoisotopic (exact) mass is 357 g/mol. The Hall–Kier alpha value is -0.960. The van der Waals surface area contributed by atoms with Crippen LogP contribution in [0.1, 0.15) is 32.1 Å². The number of nitrogens with zero attached hydrogens (tertiary/aromatic N) is 1. The summed E-state index contributed by atoms with van der Waals surface area (Å²) in [7, 11) is -3.43. The Balaban J connectivity index is 1.52. The first-order valence-corrected chi connectivity index (χ1v) is 10.4. The Morgan fingerprint density at radius 1 is 1.26 bits per heavy atom. The normalized spacial score (nSPS) is 26.6. The molecule has 2 fully saturated rings. The van der Waals surface area contributed by atoms with Crippen molar-refractivity contribution in [3.8, 4) is 0 Å². The Morgan fingerprint density at radius 2 is 2.00 bits per heavy atom. The number of piperidine rings is 1. The highest BCUT2D eigenvalue weighted by Gasteiger charge is 2.33. The molecule has 1 aliphatic heterocycles. The highest BCUT2D eigenvalue weighted by Crippen LogP contribution is 2.27. The number of nitrogens with two attached hydrogens (primary N) is 1. The highest BCUT2D eigenvalue weighted by atomic mass is 32.2. The molecule has 2 aliphatic rings. The third-order valence-corrected chi connectivity index (χ3v) is 7.63. The predicted octanol–water partition coefficient (Wildman–Crippen LogP) is 1.14. The second-order valence-corrected chi connectivity index (χ2v) is 9.31. The SMILES string of the molecule is NC1CCC(C(=O)N2CCC(NS(=O)(=O)c3cccs3)CC2)C1. The van der Waals surface area contributed by atoms with Crippen molar-refractivity contribution in [2.45, 2.75) is 48.4 Å². The topological polar surface area (TPSA) is 92.5 Å². The summed E-state index contributed by atoms with van der Waals surface area (Å²) in [5.41, 5.74) is 5.88. The molecule has 23 heavy (non-hydrogen) atoms. The third kappa shape index (κ3) is 3.93. The molecule has 6 nitrogen and oxygen atoms in total. The summed E-state index contributed by atoms with van der Waals surface area (Å²) in [4.78, 5) is 14.3. The van der Waals surface area contributed by atoms with Crippen LogP contribution in [0.15, 0.2) is 21.7 Å². The van der Waals surface area contributed by atoms with Crippen molar-refractivity contribution >= 4 is 27.3 Å². The summed E-state index contributed by atoms with van der Waals surface area (Å²) in [5.74, 6) is 0.252. The van der Waals surface area contributed by atoms with Crippen LogP contribution < -0.4 is 10.5 Å². The van der Waals surface area contributed by atoms with Crippen LogP contribution in [0.3, 0.4) is 0 Å². The number of thiophene rings is 1. The number of likely N-dealkylation sites (tertiary alicyclic amines) is 1. The summed E-state index contributed by atoms with van der Waals surface area (Å²) in [6.07, 6.45) is 3.91. The van der Waals surface area contributed by atoms with E-state index in [0.29, 0.717) is 30.1 Å². The number of amides is 1. The molecule has 1 saturated heterocycles. The van der Waals surface area contributed by atoms with Gasteiger partial charge in [-0.15, -0.1) is 11.3 Å². The fraction of sp³-hybridized carbons (Fsp3) is 0.667. The van der Waals surface area contributed by atoms with E-state index in [1.54, 1.807) is 17.5 Å². The first-order chi connectivity index (χ1) is 11.0. The molecule has 8 heteroatoms. The molecule has 1 amide bonds. The summed E-state index contributed by atoms with van der Waals surface area (Å²) in [5, 5.41) is 1.75. The maximum absolute atomic E-state index is 12.5. The molecule has 3 N–H and O–H groups in total. The molecule has 0 spiro atoms. The number of carbonyl (C=O) groups excluding carboxylic acids is 1. The number of nitrogens with one attached hydrogen (secondary N) is 1. The van der Waals surface area contributed by atoms with Gasteiger partial charge >= 0.3 is 0 Å². The van der Waals surface area contributed by atoms with E-state index >= 15 is 0 Å². The molecule has 1 aromatic rings. The zero-order chi connectivity index (χ0) is 16.4. The molecule has 1 aliphatic carbocycles. The van der Waals surface area contributed by atoms with E-state index in [1.165, 1.54) is 11.3 Å². The van der Waals surface area contributed by atoms with Crippen molar-refractivity contribution < 1.29 is 13.2 Å². The Bertz CT molecular complexity index is 637. The van der Waals surface area contributed by atoms with Gasteiger partial charge in [-0.25, -0.2) is 13.1 Å². The molecule has 3 rings (SSSR count). The molecular weight excluding hydrogens is 334 g/mol. The van der Waals surface area contributed by atoms with E-state index in [4.69, 9.17) is 5.73 Å². The molecule has 2 unspecified atom stereocenters. The summed E-state index contributed by atoms with van der Waals surface area (Å²) >= 11 is 1.21. The average Bonchev–Trinajstić information content (AvgIpc) is 3.18. The highest BCUT2D eigenvalue weighted by molar-refractivity contribution is 7.91. The van der Waals surface area contributed by atoms with E-state index < -0.39 is 10.0 Å². The van der Waals surface area contributed by atoms with Gasteiger partial charge in [-0.2, -0.15) is 0 Å². The molecule has 1 saturated carbocycles. The lowest BCUT2D eigenvalue weighted by molar-refractivity contribution is -0.136. The second-order valence-electron chi connectivity index (χ2n) is 6.42. The molecule has 128 valence electrons. The van der Waals surface area contributed by atoms with E-state index in [-0.39, 0.29) is 23.9 Å². The molecule has 1 aromatic heterocycles. The number of hydrogen-bond donors (Lipinski definition) is 2. The first kappa shape index (κ1) is 16.9. The van der Waals surface area contributed by atoms with Crippen LogP contribution in [0.5, 0.6) is 0 Å². The van der Waals surface area contributed by atoms with Crippen molar-refractivity contribution in [2.24, 2.45) is 11.7 Å². The number of carbonyl (C=O) groups is 1. The van der Waals surface area contributed by atoms with E-state index in [0.717, 1.165) is 19.3 Å². The summed E-state index contributed by atoms with van der Waals surface area (Å²) < 4.78 is 27.6. The number of sulfonamides is 1. The van der Waals surface area contributed by atoms with Gasteiger partial charge in [0.25, 0.3) is 0 Å². The summed E-state index contributed by atoms with van der Waals surface area (Å²) in [6, 6.07) is 3.39. The minimum absolute atomic E-state index is 0.0596. The van der Waals surface area contributed by atoms with Crippen LogP contribution in [0.4, 0.5) is 0 Å². The van der Waals surface area contributed by atoms with Crippen LogP contribution in [-0.4, -0.2) is 44.4 Å². The zero-order valence-electron chi connectivity index (χ0n) is 13.0.